The number of phenols is 1. The number of nitriles is 1. The third-order valence-electron chi connectivity index (χ3n) is 7.52. The number of likely N-dealkylation sites (tertiary alicyclic amines) is 1. The second-order valence-corrected chi connectivity index (χ2v) is 10.6. The maximum absolute atomic E-state index is 15.0. The van der Waals surface area contributed by atoms with E-state index >= 15 is 4.39 Å². The van der Waals surface area contributed by atoms with Gasteiger partial charge in [-0.2, -0.15) is 5.26 Å². The van der Waals surface area contributed by atoms with Gasteiger partial charge in [0.25, 0.3) is 0 Å². The van der Waals surface area contributed by atoms with Gasteiger partial charge in [-0.05, 0) is 85.8 Å². The Hall–Kier alpha value is -3.53. The van der Waals surface area contributed by atoms with Gasteiger partial charge in [0, 0.05) is 18.2 Å². The van der Waals surface area contributed by atoms with Crippen molar-refractivity contribution < 1.29 is 19.0 Å². The van der Waals surface area contributed by atoms with Gasteiger partial charge >= 0.3 is 0 Å². The Balaban J connectivity index is 1.47. The number of nitrogens with zero attached hydrogens (tertiary/aromatic N) is 2. The van der Waals surface area contributed by atoms with E-state index in [1.807, 2.05) is 24.3 Å². The maximum atomic E-state index is 15.0. The van der Waals surface area contributed by atoms with E-state index in [2.05, 4.69) is 24.8 Å². The summed E-state index contributed by atoms with van der Waals surface area (Å²) in [6.07, 6.45) is 0.657. The third-order valence-corrected chi connectivity index (χ3v) is 7.85. The summed E-state index contributed by atoms with van der Waals surface area (Å²) in [5, 5.41) is 19.9. The fraction of sp³-hybridized carbons (Fsp3) is 0.323. The third kappa shape index (κ3) is 4.97. The van der Waals surface area contributed by atoms with Gasteiger partial charge in [0.1, 0.15) is 30.3 Å². The Morgan fingerprint density at radius 3 is 2.66 bits per heavy atom. The minimum atomic E-state index is -0.740. The molecule has 1 fully saturated rings. The zero-order valence-corrected chi connectivity index (χ0v) is 22.4. The topological polar surface area (TPSA) is 65.7 Å². The molecule has 7 heteroatoms. The van der Waals surface area contributed by atoms with Crippen molar-refractivity contribution in [3.8, 4) is 23.3 Å². The van der Waals surface area contributed by atoms with E-state index in [4.69, 9.17) is 21.1 Å². The van der Waals surface area contributed by atoms with Crippen LogP contribution in [0.4, 0.5) is 4.39 Å². The SMILES string of the molecule is CC1=C(c2ccc(Cl)c(C#N)c2)C(c2ccc(OC[C@H](C)N3CC[C@@H](C)C3)cc2)Oc2ccc(O)c(F)c21. The van der Waals surface area contributed by atoms with Crippen LogP contribution in [0.3, 0.4) is 0 Å². The minimum Gasteiger partial charge on any atom is -0.505 e. The molecule has 2 aliphatic rings. The lowest BCUT2D eigenvalue weighted by Gasteiger charge is -2.31. The maximum Gasteiger partial charge on any atom is 0.176 e. The van der Waals surface area contributed by atoms with Crippen LogP contribution in [0.1, 0.15) is 55.5 Å². The van der Waals surface area contributed by atoms with E-state index < -0.39 is 17.7 Å². The molecule has 0 radical (unpaired) electrons. The highest BCUT2D eigenvalue weighted by Gasteiger charge is 2.32. The van der Waals surface area contributed by atoms with E-state index in [1.165, 1.54) is 12.5 Å². The van der Waals surface area contributed by atoms with Crippen molar-refractivity contribution in [2.45, 2.75) is 39.3 Å². The van der Waals surface area contributed by atoms with Crippen molar-refractivity contribution in [1.29, 1.82) is 5.26 Å². The van der Waals surface area contributed by atoms with E-state index in [9.17, 15) is 10.4 Å². The summed E-state index contributed by atoms with van der Waals surface area (Å²) >= 11 is 6.19. The van der Waals surface area contributed by atoms with Gasteiger partial charge in [0.2, 0.25) is 0 Å². The quantitative estimate of drug-likeness (QED) is 0.363. The molecule has 2 heterocycles. The minimum absolute atomic E-state index is 0.204. The van der Waals surface area contributed by atoms with Crippen LogP contribution in [0.25, 0.3) is 11.1 Å². The second kappa shape index (κ2) is 10.7. The van der Waals surface area contributed by atoms with E-state index in [0.29, 0.717) is 45.7 Å². The van der Waals surface area contributed by atoms with Crippen LogP contribution in [-0.4, -0.2) is 35.7 Å². The molecule has 1 saturated heterocycles. The summed E-state index contributed by atoms with van der Waals surface area (Å²) in [6, 6.07) is 18.2. The van der Waals surface area contributed by atoms with Crippen molar-refractivity contribution >= 4 is 22.7 Å². The van der Waals surface area contributed by atoms with Crippen molar-refractivity contribution in [3.05, 3.63) is 87.7 Å². The van der Waals surface area contributed by atoms with E-state index in [-0.39, 0.29) is 5.56 Å². The predicted octanol–water partition coefficient (Wildman–Crippen LogP) is 7.23. The van der Waals surface area contributed by atoms with Crippen LogP contribution in [-0.2, 0) is 0 Å². The van der Waals surface area contributed by atoms with Crippen LogP contribution in [0, 0.1) is 23.1 Å². The Kier molecular flexibility index (Phi) is 7.34. The Morgan fingerprint density at radius 1 is 1.21 bits per heavy atom. The number of hydrogen-bond acceptors (Lipinski definition) is 5. The number of fused-ring (bicyclic) bond motifs is 1. The molecular formula is C31H30ClFN2O3. The number of phenolic OH excluding ortho intramolecular Hbond substituents is 1. The second-order valence-electron chi connectivity index (χ2n) is 10.2. The van der Waals surface area contributed by atoms with Crippen molar-refractivity contribution in [1.82, 2.24) is 4.90 Å². The van der Waals surface area contributed by atoms with Crippen LogP contribution in [0.5, 0.6) is 17.2 Å². The molecule has 3 aromatic carbocycles. The number of benzene rings is 3. The number of ether oxygens (including phenoxy) is 2. The molecule has 0 saturated carbocycles. The molecule has 38 heavy (non-hydrogen) atoms. The Labute approximate surface area is 227 Å². The van der Waals surface area contributed by atoms with Crippen LogP contribution < -0.4 is 9.47 Å². The molecule has 2 aliphatic heterocycles. The van der Waals surface area contributed by atoms with Crippen molar-refractivity contribution in [3.63, 3.8) is 0 Å². The van der Waals surface area contributed by atoms with Gasteiger partial charge in [-0.15, -0.1) is 0 Å². The van der Waals surface area contributed by atoms with Gasteiger partial charge in [0.15, 0.2) is 11.6 Å². The molecule has 1 N–H and O–H groups in total. The van der Waals surface area contributed by atoms with Crippen LogP contribution >= 0.6 is 11.6 Å². The number of halogens is 2. The monoisotopic (exact) mass is 532 g/mol. The Bertz CT molecular complexity index is 1430. The normalized spacial score (nSPS) is 20.0. The van der Waals surface area contributed by atoms with Gasteiger partial charge in [-0.25, -0.2) is 4.39 Å². The summed E-state index contributed by atoms with van der Waals surface area (Å²) in [5.74, 6) is 0.647. The molecule has 0 bridgehead atoms. The highest BCUT2D eigenvalue weighted by atomic mass is 35.5. The zero-order chi connectivity index (χ0) is 27.0. The van der Waals surface area contributed by atoms with Gasteiger partial charge in [-0.1, -0.05) is 36.7 Å². The highest BCUT2D eigenvalue weighted by molar-refractivity contribution is 6.31. The molecule has 0 spiro atoms. The lowest BCUT2D eigenvalue weighted by Crippen LogP contribution is -2.35. The summed E-state index contributed by atoms with van der Waals surface area (Å²) in [6.45, 7) is 9.09. The largest absolute Gasteiger partial charge is 0.505 e. The smallest absolute Gasteiger partial charge is 0.176 e. The first-order valence-corrected chi connectivity index (χ1v) is 13.2. The first kappa shape index (κ1) is 26.1. The fourth-order valence-corrected chi connectivity index (χ4v) is 5.48. The summed E-state index contributed by atoms with van der Waals surface area (Å²) in [4.78, 5) is 2.46. The molecule has 0 aliphatic carbocycles. The van der Waals surface area contributed by atoms with Gasteiger partial charge in [0.05, 0.1) is 16.1 Å². The van der Waals surface area contributed by atoms with Gasteiger partial charge < -0.3 is 14.6 Å². The first-order chi connectivity index (χ1) is 18.3. The van der Waals surface area contributed by atoms with Crippen molar-refractivity contribution in [2.24, 2.45) is 5.92 Å². The molecule has 3 aromatic rings. The zero-order valence-electron chi connectivity index (χ0n) is 21.7. The summed E-state index contributed by atoms with van der Waals surface area (Å²) in [7, 11) is 0. The fourth-order valence-electron chi connectivity index (χ4n) is 5.32. The molecule has 1 unspecified atom stereocenters. The number of allylic oxidation sites excluding steroid dienone is 1. The molecule has 5 rings (SSSR count). The lowest BCUT2D eigenvalue weighted by atomic mass is 9.85. The van der Waals surface area contributed by atoms with E-state index in [1.54, 1.807) is 31.2 Å². The van der Waals surface area contributed by atoms with Crippen LogP contribution in [0.2, 0.25) is 5.02 Å². The molecular weight excluding hydrogens is 503 g/mol. The molecule has 196 valence electrons. The standard InChI is InChI=1S/C31H30ClFN2O3/c1-18-12-13-35(16-18)19(2)17-37-24-7-4-21(5-8-24)31-28(22-6-9-25(32)23(14-22)15-34)20(3)29-27(38-31)11-10-26(36)30(29)33/h4-11,14,18-19,31,36H,12-13,16-17H2,1-3H3/t18-,19+,31?/m1/s1. The Morgan fingerprint density at radius 2 is 1.97 bits per heavy atom. The van der Waals surface area contributed by atoms with E-state index in [0.717, 1.165) is 30.3 Å². The number of aromatic hydroxyl groups is 1. The molecule has 3 atom stereocenters. The molecule has 0 aromatic heterocycles. The van der Waals surface area contributed by atoms with Crippen LogP contribution in [0.15, 0.2) is 54.6 Å². The first-order valence-electron chi connectivity index (χ1n) is 12.8. The average Bonchev–Trinajstić information content (AvgIpc) is 3.36. The highest BCUT2D eigenvalue weighted by Crippen LogP contribution is 2.49. The summed E-state index contributed by atoms with van der Waals surface area (Å²) < 4.78 is 27.5. The lowest BCUT2D eigenvalue weighted by molar-refractivity contribution is 0.169. The molecule has 0 amide bonds. The molecule has 5 nitrogen and oxygen atoms in total. The number of hydrogen-bond donors (Lipinski definition) is 1. The summed E-state index contributed by atoms with van der Waals surface area (Å²) in [5.41, 5.74) is 3.37. The van der Waals surface area contributed by atoms with Gasteiger partial charge in [-0.3, -0.25) is 4.90 Å². The predicted molar refractivity (Wildman–Crippen MR) is 147 cm³/mol. The van der Waals surface area contributed by atoms with Crippen molar-refractivity contribution in [2.75, 3.05) is 19.7 Å². The number of rotatable bonds is 6. The average molecular weight is 533 g/mol.